The van der Waals surface area contributed by atoms with Gasteiger partial charge in [-0.3, -0.25) is 0 Å². The van der Waals surface area contributed by atoms with Crippen molar-refractivity contribution in [3.8, 4) is 0 Å². The molecule has 2 aromatic rings. The summed E-state index contributed by atoms with van der Waals surface area (Å²) in [6.45, 7) is 5.86. The number of ether oxygens (including phenoxy) is 2. The maximum absolute atomic E-state index is 10.5. The summed E-state index contributed by atoms with van der Waals surface area (Å²) in [7, 11) is 0. The molecule has 332 valence electrons. The molecular weight excluding hydrogens is 866 g/mol. The minimum Gasteiger partial charge on any atom is -0.547 e. The van der Waals surface area contributed by atoms with Gasteiger partial charge in [0.25, 0.3) is 0 Å². The van der Waals surface area contributed by atoms with Crippen LogP contribution in [0.3, 0.4) is 0 Å². The van der Waals surface area contributed by atoms with Crippen LogP contribution in [0.5, 0.6) is 0 Å². The molecule has 0 bridgehead atoms. The van der Waals surface area contributed by atoms with Gasteiger partial charge in [0, 0.05) is 0 Å². The Kier molecular flexibility index (Phi) is 41.2. The minimum atomic E-state index is -1.36. The number of hydrogen-bond acceptors (Lipinski definition) is 8. The summed E-state index contributed by atoms with van der Waals surface area (Å²) < 4.78 is 12.5. The normalized spacial score (nSPS) is 13.1. The Morgan fingerprint density at radius 3 is 0.966 bits per heavy atom. The van der Waals surface area contributed by atoms with Gasteiger partial charge in [-0.05, 0) is 49.7 Å². The number of rotatable bonds is 38. The predicted molar refractivity (Wildman–Crippen MR) is 238 cm³/mol. The third kappa shape index (κ3) is 36.0. The van der Waals surface area contributed by atoms with Crippen molar-refractivity contribution in [1.82, 2.24) is 0 Å². The minimum absolute atomic E-state index is 0. The van der Waals surface area contributed by atoms with Gasteiger partial charge < -0.3 is 39.5 Å². The first-order valence-corrected chi connectivity index (χ1v) is 23.4. The van der Waals surface area contributed by atoms with Crippen molar-refractivity contribution in [2.24, 2.45) is 0 Å². The maximum Gasteiger partial charge on any atom is 2.00 e. The number of carboxylic acids is 2. The van der Waals surface area contributed by atoms with Gasteiger partial charge in [-0.1, -0.05) is 216 Å². The molecule has 0 spiro atoms. The molecule has 0 amide bonds. The van der Waals surface area contributed by atoms with E-state index in [-0.39, 0.29) is 48.9 Å². The molecule has 2 aromatic carbocycles. The van der Waals surface area contributed by atoms with Gasteiger partial charge in [-0.15, -0.1) is 0 Å². The van der Waals surface area contributed by atoms with E-state index in [2.05, 4.69) is 62.4 Å². The Labute approximate surface area is 400 Å². The Balaban J connectivity index is 0.00000112. The topological polar surface area (TPSA) is 139 Å². The Hall–Kier alpha value is -1.21. The maximum atomic E-state index is 10.5. The molecule has 0 saturated heterocycles. The second-order valence-corrected chi connectivity index (χ2v) is 16.3. The average molecular weight is 949 g/mol. The first kappa shape index (κ1) is 57.8. The predicted octanol–water partition coefficient (Wildman–Crippen LogP) is 9.95. The molecule has 59 heavy (non-hydrogen) atoms. The fraction of sp³-hybridized carbons (Fsp3) is 0.720. The van der Waals surface area contributed by atoms with Crippen LogP contribution in [0.15, 0.2) is 60.7 Å². The van der Waals surface area contributed by atoms with Crippen LogP contribution in [0.4, 0.5) is 0 Å². The second kappa shape index (κ2) is 42.1. The monoisotopic (exact) mass is 949 g/mol. The van der Waals surface area contributed by atoms with Crippen LogP contribution < -0.4 is 10.2 Å². The van der Waals surface area contributed by atoms with Crippen LogP contribution in [0, 0.1) is 0 Å². The van der Waals surface area contributed by atoms with E-state index in [4.69, 9.17) is 9.47 Å². The molecule has 0 aliphatic heterocycles. The number of hydrogen-bond donors (Lipinski definition) is 2. The van der Waals surface area contributed by atoms with Gasteiger partial charge in [0.1, 0.15) is 0 Å². The first-order valence-electron chi connectivity index (χ1n) is 23.4. The van der Waals surface area contributed by atoms with E-state index in [9.17, 15) is 30.0 Å². The quantitative estimate of drug-likeness (QED) is 0.0501. The van der Waals surface area contributed by atoms with Crippen LogP contribution in [0.1, 0.15) is 205 Å². The van der Waals surface area contributed by atoms with E-state index >= 15 is 0 Å². The molecule has 8 nitrogen and oxygen atoms in total. The van der Waals surface area contributed by atoms with Crippen molar-refractivity contribution in [1.29, 1.82) is 0 Å². The second-order valence-electron chi connectivity index (χ2n) is 16.3. The molecule has 0 radical (unpaired) electrons. The summed E-state index contributed by atoms with van der Waals surface area (Å²) >= 11 is 0. The molecular formula is C50H82BaO8. The van der Waals surface area contributed by atoms with Crippen LogP contribution in [-0.4, -0.2) is 95.4 Å². The molecule has 0 aliphatic rings. The van der Waals surface area contributed by atoms with Crippen molar-refractivity contribution >= 4 is 60.8 Å². The number of carbonyl (C=O) groups excluding carboxylic acids is 2. The van der Waals surface area contributed by atoms with Gasteiger partial charge >= 0.3 is 48.9 Å². The Bertz CT molecular complexity index is 1110. The smallest absolute Gasteiger partial charge is 0.547 e. The van der Waals surface area contributed by atoms with Gasteiger partial charge in [-0.25, -0.2) is 0 Å². The summed E-state index contributed by atoms with van der Waals surface area (Å²) in [5, 5.41) is 39.4. The van der Waals surface area contributed by atoms with E-state index in [1.165, 1.54) is 88.2 Å². The van der Waals surface area contributed by atoms with E-state index < -0.39 is 24.1 Å². The van der Waals surface area contributed by atoms with Crippen molar-refractivity contribution in [3.05, 3.63) is 71.8 Å². The third-order valence-corrected chi connectivity index (χ3v) is 11.0. The summed E-state index contributed by atoms with van der Waals surface area (Å²) in [6, 6.07) is 20.7. The molecule has 9 heteroatoms. The van der Waals surface area contributed by atoms with Gasteiger partial charge in [-0.2, -0.15) is 0 Å². The fourth-order valence-corrected chi connectivity index (χ4v) is 7.22. The largest absolute Gasteiger partial charge is 2.00 e. The molecule has 0 aromatic heterocycles. The Morgan fingerprint density at radius 1 is 0.441 bits per heavy atom. The van der Waals surface area contributed by atoms with E-state index in [0.29, 0.717) is 38.3 Å². The number of aliphatic hydroxyl groups is 2. The zero-order valence-corrected chi connectivity index (χ0v) is 41.8. The number of aliphatic hydroxyl groups excluding tert-OH is 2. The number of aliphatic carboxylic acids is 2. The van der Waals surface area contributed by atoms with Crippen LogP contribution in [0.2, 0.25) is 0 Å². The van der Waals surface area contributed by atoms with Gasteiger partial charge in [0.15, 0.2) is 0 Å². The van der Waals surface area contributed by atoms with Crippen LogP contribution in [-0.2, 0) is 32.3 Å². The molecule has 0 heterocycles. The van der Waals surface area contributed by atoms with Crippen molar-refractivity contribution in [3.63, 3.8) is 0 Å². The van der Waals surface area contributed by atoms with E-state index in [1.807, 2.05) is 12.1 Å². The van der Waals surface area contributed by atoms with Crippen LogP contribution in [0.25, 0.3) is 0 Å². The Morgan fingerprint density at radius 2 is 0.695 bits per heavy atom. The molecule has 0 saturated carbocycles. The number of carboxylic acid groups (broad SMARTS) is 2. The molecule has 4 unspecified atom stereocenters. The zero-order chi connectivity index (χ0) is 42.3. The van der Waals surface area contributed by atoms with Crippen molar-refractivity contribution < 1.29 is 39.5 Å². The van der Waals surface area contributed by atoms with E-state index in [1.54, 1.807) is 0 Å². The number of benzene rings is 2. The zero-order valence-electron chi connectivity index (χ0n) is 37.3. The summed E-state index contributed by atoms with van der Waals surface area (Å²) in [4.78, 5) is 21.0. The molecule has 2 rings (SSSR count). The fourth-order valence-electron chi connectivity index (χ4n) is 7.22. The average Bonchev–Trinajstić information content (AvgIpc) is 3.23. The first-order chi connectivity index (χ1) is 28.3. The number of unbranched alkanes of at least 4 members (excludes halogenated alkanes) is 18. The molecule has 0 aliphatic carbocycles. The van der Waals surface area contributed by atoms with Crippen LogP contribution >= 0.6 is 0 Å². The van der Waals surface area contributed by atoms with Gasteiger partial charge in [0.05, 0.1) is 49.6 Å². The molecule has 4 atom stereocenters. The molecule has 0 fully saturated rings. The summed E-state index contributed by atoms with van der Waals surface area (Å²) in [5.74, 6) is -2.73. The standard InChI is InChI=1S/2C25H42O4.Ba/c2*1-2-3-4-5-7-13-18-23(29-21-22-16-11-10-12-17-22)19-14-8-6-9-15-20-24(26)25(27)28;/h2*10-12,16-17,23-24,26H,2-9,13-15,18-21H2,1H3,(H,27,28);/q;;+2/p-2. The van der Waals surface area contributed by atoms with Gasteiger partial charge in [0.2, 0.25) is 0 Å². The summed E-state index contributed by atoms with van der Waals surface area (Å²) in [5.41, 5.74) is 2.46. The third-order valence-electron chi connectivity index (χ3n) is 11.0. The van der Waals surface area contributed by atoms with Crippen molar-refractivity contribution in [2.75, 3.05) is 0 Å². The summed E-state index contributed by atoms with van der Waals surface area (Å²) in [6.07, 6.45) is 28.8. The van der Waals surface area contributed by atoms with E-state index in [0.717, 1.165) is 89.9 Å². The van der Waals surface area contributed by atoms with Crippen molar-refractivity contribution in [2.45, 2.75) is 231 Å². The molecule has 2 N–H and O–H groups in total. The SMILES string of the molecule is CCCCCCCCC(CCCCCCCC(O)C(=O)[O-])OCc1ccccc1.CCCCCCCCC(CCCCCCCC(O)C(=O)[O-])OCc1ccccc1.[Ba+2]. The number of carbonyl (C=O) groups is 2.